The number of piperidine rings is 2. The molecule has 43 heavy (non-hydrogen) atoms. The molecule has 1 aromatic carbocycles. The second kappa shape index (κ2) is 19.9. The molecule has 3 rings (SSSR count). The number of likely N-dealkylation sites (tertiary alicyclic amines) is 2. The summed E-state index contributed by atoms with van der Waals surface area (Å²) in [5, 5.41) is 0. The van der Waals surface area contributed by atoms with Crippen LogP contribution in [-0.4, -0.2) is 59.9 Å². The quantitative estimate of drug-likeness (QED) is 0.0934. The lowest BCUT2D eigenvalue weighted by Crippen LogP contribution is -2.63. The minimum absolute atomic E-state index is 0.187. The monoisotopic (exact) mass is 599 g/mol. The Labute approximate surface area is 260 Å². The van der Waals surface area contributed by atoms with Crippen LogP contribution in [-0.2, 0) is 14.3 Å². The van der Waals surface area contributed by atoms with Crippen LogP contribution in [0, 0.1) is 5.82 Å². The van der Waals surface area contributed by atoms with Crippen molar-refractivity contribution < 1.29 is 18.7 Å². The maximum atomic E-state index is 13.6. The molecule has 6 nitrogen and oxygen atoms in total. The predicted octanol–water partition coefficient (Wildman–Crippen LogP) is 8.00. The van der Waals surface area contributed by atoms with E-state index in [1.165, 1.54) is 76.3 Å². The molecule has 2 fully saturated rings. The first kappa shape index (κ1) is 35.2. The summed E-state index contributed by atoms with van der Waals surface area (Å²) in [6.07, 6.45) is 23.1. The van der Waals surface area contributed by atoms with E-state index in [0.29, 0.717) is 24.2 Å². The molecule has 2 aliphatic rings. The molecule has 1 aromatic rings. The maximum absolute atomic E-state index is 13.6. The van der Waals surface area contributed by atoms with Crippen molar-refractivity contribution in [3.05, 3.63) is 41.7 Å². The standard InChI is InChI=1S/C36H58FN3O3/c1-2-3-4-5-6-7-8-9-10-11-12-14-19-34(41)43-33(31-20-22-32(37)23-21-31)18-17-26-39-29-24-36(25-30-39,35(38)42)40-27-15-13-16-28-40/h18,20-23H,2-17,19,24-30H2,1H3,(H2,38,42)/b33-18-. The molecule has 2 aliphatic heterocycles. The van der Waals surface area contributed by atoms with Gasteiger partial charge in [-0.05, 0) is 82.0 Å². The van der Waals surface area contributed by atoms with Crippen LogP contribution < -0.4 is 5.73 Å². The van der Waals surface area contributed by atoms with Gasteiger partial charge >= 0.3 is 5.97 Å². The normalized spacial score (nSPS) is 18.0. The highest BCUT2D eigenvalue weighted by Crippen LogP contribution is 2.32. The Morgan fingerprint density at radius 3 is 1.95 bits per heavy atom. The van der Waals surface area contributed by atoms with Gasteiger partial charge in [-0.15, -0.1) is 0 Å². The first-order chi connectivity index (χ1) is 20.9. The van der Waals surface area contributed by atoms with E-state index in [0.717, 1.165) is 77.7 Å². The molecule has 0 saturated carbocycles. The number of amides is 1. The molecule has 0 atom stereocenters. The van der Waals surface area contributed by atoms with E-state index in [4.69, 9.17) is 10.5 Å². The fourth-order valence-corrected chi connectivity index (χ4v) is 6.68. The van der Waals surface area contributed by atoms with E-state index in [2.05, 4.69) is 16.7 Å². The zero-order valence-electron chi connectivity index (χ0n) is 26.9. The van der Waals surface area contributed by atoms with Gasteiger partial charge in [0, 0.05) is 31.6 Å². The van der Waals surface area contributed by atoms with Crippen molar-refractivity contribution in [1.82, 2.24) is 9.80 Å². The number of halogens is 1. The number of esters is 1. The van der Waals surface area contributed by atoms with Crippen molar-refractivity contribution in [2.45, 2.75) is 134 Å². The predicted molar refractivity (Wildman–Crippen MR) is 174 cm³/mol. The van der Waals surface area contributed by atoms with Crippen LogP contribution in [0.3, 0.4) is 0 Å². The number of nitrogens with two attached hydrogens (primary N) is 1. The van der Waals surface area contributed by atoms with Gasteiger partial charge in [0.1, 0.15) is 17.1 Å². The smallest absolute Gasteiger partial charge is 0.311 e. The lowest BCUT2D eigenvalue weighted by atomic mass is 9.83. The van der Waals surface area contributed by atoms with Gasteiger partial charge in [0.25, 0.3) is 0 Å². The summed E-state index contributed by atoms with van der Waals surface area (Å²) in [6, 6.07) is 6.13. The number of hydrogen-bond donors (Lipinski definition) is 1. The SMILES string of the molecule is CCCCCCCCCCCCCCC(=O)O/C(=C\CCN1CCC(C(N)=O)(N2CCCCC2)CC1)c1ccc(F)cc1. The molecule has 2 saturated heterocycles. The number of ether oxygens (including phenoxy) is 1. The van der Waals surface area contributed by atoms with Gasteiger partial charge in [-0.2, -0.15) is 0 Å². The van der Waals surface area contributed by atoms with E-state index in [9.17, 15) is 14.0 Å². The average Bonchev–Trinajstić information content (AvgIpc) is 3.02. The lowest BCUT2D eigenvalue weighted by Gasteiger charge is -2.48. The molecule has 0 aromatic heterocycles. The van der Waals surface area contributed by atoms with Crippen LogP contribution in [0.2, 0.25) is 0 Å². The van der Waals surface area contributed by atoms with Crippen molar-refractivity contribution in [2.75, 3.05) is 32.7 Å². The van der Waals surface area contributed by atoms with Gasteiger partial charge in [-0.3, -0.25) is 14.5 Å². The molecule has 0 radical (unpaired) electrons. The number of primary amides is 1. The van der Waals surface area contributed by atoms with Gasteiger partial charge in [-0.1, -0.05) is 84.0 Å². The molecule has 0 spiro atoms. The Bertz CT molecular complexity index is 966. The van der Waals surface area contributed by atoms with Gasteiger partial charge in [-0.25, -0.2) is 4.39 Å². The molecule has 2 N–H and O–H groups in total. The van der Waals surface area contributed by atoms with Crippen molar-refractivity contribution in [3.63, 3.8) is 0 Å². The van der Waals surface area contributed by atoms with Crippen molar-refractivity contribution >= 4 is 17.6 Å². The summed E-state index contributed by atoms with van der Waals surface area (Å²) in [4.78, 5) is 30.0. The highest BCUT2D eigenvalue weighted by molar-refractivity contribution is 5.85. The second-order valence-corrected chi connectivity index (χ2v) is 12.8. The van der Waals surface area contributed by atoms with Crippen LogP contribution >= 0.6 is 0 Å². The molecule has 2 heterocycles. The number of carbonyl (C=O) groups is 2. The number of rotatable bonds is 20. The maximum Gasteiger partial charge on any atom is 0.311 e. The van der Waals surface area contributed by atoms with Crippen LogP contribution in [0.1, 0.15) is 134 Å². The van der Waals surface area contributed by atoms with Crippen molar-refractivity contribution in [3.8, 4) is 0 Å². The van der Waals surface area contributed by atoms with Gasteiger partial charge < -0.3 is 15.4 Å². The topological polar surface area (TPSA) is 75.9 Å². The summed E-state index contributed by atoms with van der Waals surface area (Å²) >= 11 is 0. The summed E-state index contributed by atoms with van der Waals surface area (Å²) in [7, 11) is 0. The summed E-state index contributed by atoms with van der Waals surface area (Å²) in [5.74, 6) is -0.229. The van der Waals surface area contributed by atoms with E-state index in [1.807, 2.05) is 6.08 Å². The van der Waals surface area contributed by atoms with Crippen LogP contribution in [0.25, 0.3) is 5.76 Å². The lowest BCUT2D eigenvalue weighted by molar-refractivity contribution is -0.137. The molecule has 0 unspecified atom stereocenters. The first-order valence-corrected chi connectivity index (χ1v) is 17.4. The molecule has 242 valence electrons. The summed E-state index contributed by atoms with van der Waals surface area (Å²) in [5.41, 5.74) is 6.14. The Morgan fingerprint density at radius 1 is 0.837 bits per heavy atom. The molecular formula is C36H58FN3O3. The van der Waals surface area contributed by atoms with Crippen LogP contribution in [0.15, 0.2) is 30.3 Å². The van der Waals surface area contributed by atoms with Crippen molar-refractivity contribution in [1.29, 1.82) is 0 Å². The number of hydrogen-bond acceptors (Lipinski definition) is 5. The van der Waals surface area contributed by atoms with Gasteiger partial charge in [0.2, 0.25) is 5.91 Å². The highest BCUT2D eigenvalue weighted by Gasteiger charge is 2.44. The third-order valence-corrected chi connectivity index (χ3v) is 9.47. The third kappa shape index (κ3) is 12.3. The fraction of sp³-hybridized carbons (Fsp3) is 0.722. The van der Waals surface area contributed by atoms with Crippen LogP contribution in [0.4, 0.5) is 4.39 Å². The van der Waals surface area contributed by atoms with E-state index in [-0.39, 0.29) is 17.7 Å². The Kier molecular flexibility index (Phi) is 16.3. The van der Waals surface area contributed by atoms with Crippen LogP contribution in [0.5, 0.6) is 0 Å². The van der Waals surface area contributed by atoms with E-state index < -0.39 is 5.54 Å². The Hall–Kier alpha value is -2.25. The second-order valence-electron chi connectivity index (χ2n) is 12.8. The number of nitrogens with zero attached hydrogens (tertiary/aromatic N) is 2. The zero-order valence-corrected chi connectivity index (χ0v) is 26.9. The molecule has 1 amide bonds. The average molecular weight is 600 g/mol. The summed E-state index contributed by atoms with van der Waals surface area (Å²) < 4.78 is 19.4. The Morgan fingerprint density at radius 2 is 1.40 bits per heavy atom. The number of benzene rings is 1. The highest BCUT2D eigenvalue weighted by atomic mass is 19.1. The molecule has 7 heteroatoms. The van der Waals surface area contributed by atoms with Crippen molar-refractivity contribution in [2.24, 2.45) is 5.73 Å². The van der Waals surface area contributed by atoms with E-state index in [1.54, 1.807) is 12.1 Å². The zero-order chi connectivity index (χ0) is 30.8. The third-order valence-electron chi connectivity index (χ3n) is 9.47. The first-order valence-electron chi connectivity index (χ1n) is 17.4. The summed E-state index contributed by atoms with van der Waals surface area (Å²) in [6.45, 7) is 6.60. The number of carbonyl (C=O) groups excluding carboxylic acids is 2. The molecule has 0 bridgehead atoms. The fourth-order valence-electron chi connectivity index (χ4n) is 6.68. The molecule has 0 aliphatic carbocycles. The minimum atomic E-state index is -0.518. The number of unbranched alkanes of at least 4 members (excludes halogenated alkanes) is 11. The van der Waals surface area contributed by atoms with Gasteiger partial charge in [0.15, 0.2) is 0 Å². The molecular weight excluding hydrogens is 541 g/mol. The van der Waals surface area contributed by atoms with Gasteiger partial charge in [0.05, 0.1) is 0 Å². The largest absolute Gasteiger partial charge is 0.426 e. The minimum Gasteiger partial charge on any atom is -0.426 e. The Balaban J connectivity index is 1.40. The van der Waals surface area contributed by atoms with E-state index >= 15 is 0 Å².